The number of pyridine rings is 1. The first kappa shape index (κ1) is 28.6. The van der Waals surface area contributed by atoms with Crippen molar-refractivity contribution in [3.05, 3.63) is 59.5 Å². The van der Waals surface area contributed by atoms with Crippen LogP contribution in [0.15, 0.2) is 42.6 Å². The Bertz CT molecular complexity index is 1630. The summed E-state index contributed by atoms with van der Waals surface area (Å²) in [5, 5.41) is 41.0. The number of thiazole rings is 1. The third-order valence-electron chi connectivity index (χ3n) is 9.61. The van der Waals surface area contributed by atoms with E-state index in [9.17, 15) is 15.3 Å². The lowest BCUT2D eigenvalue weighted by Crippen LogP contribution is -2.51. The van der Waals surface area contributed by atoms with Gasteiger partial charge in [-0.15, -0.1) is 11.3 Å². The molecule has 0 bridgehead atoms. The topological polar surface area (TPSA) is 136 Å². The van der Waals surface area contributed by atoms with Crippen LogP contribution in [0.25, 0.3) is 20.8 Å². The van der Waals surface area contributed by atoms with Crippen LogP contribution < -0.4 is 10.6 Å². The fourth-order valence-corrected chi connectivity index (χ4v) is 7.93. The molecular weight excluding hydrogens is 560 g/mol. The van der Waals surface area contributed by atoms with Crippen LogP contribution in [-0.2, 0) is 0 Å². The van der Waals surface area contributed by atoms with E-state index in [1.54, 1.807) is 25.2 Å². The average Bonchev–Trinajstić information content (AvgIpc) is 3.62. The SMILES string of the molecule is Cc1nc(NCC2CC(c3ccccc3)C2)nc(NC2(O)CCC(C(C)(C)O)C2O)c1-c1nc2c(C3CC3)nccc2s1. The normalized spacial score (nSPS) is 27.3. The molecule has 3 aromatic heterocycles. The number of nitrogens with zero attached hydrogens (tertiary/aromatic N) is 4. The van der Waals surface area contributed by atoms with Crippen molar-refractivity contribution < 1.29 is 15.3 Å². The van der Waals surface area contributed by atoms with E-state index in [1.807, 2.05) is 19.2 Å². The van der Waals surface area contributed by atoms with Crippen LogP contribution in [0.4, 0.5) is 11.8 Å². The Hall–Kier alpha value is -3.18. The van der Waals surface area contributed by atoms with Crippen molar-refractivity contribution in [1.29, 1.82) is 0 Å². The van der Waals surface area contributed by atoms with Gasteiger partial charge in [-0.25, -0.2) is 9.97 Å². The zero-order chi connectivity index (χ0) is 29.9. The molecule has 1 aromatic carbocycles. The van der Waals surface area contributed by atoms with Crippen molar-refractivity contribution in [3.63, 3.8) is 0 Å². The highest BCUT2D eigenvalue weighted by Gasteiger charge is 2.52. The van der Waals surface area contributed by atoms with E-state index in [4.69, 9.17) is 15.0 Å². The summed E-state index contributed by atoms with van der Waals surface area (Å²) >= 11 is 1.56. The number of rotatable bonds is 9. The highest BCUT2D eigenvalue weighted by molar-refractivity contribution is 7.21. The number of hydrogen-bond donors (Lipinski definition) is 5. The van der Waals surface area contributed by atoms with Crippen LogP contribution in [0.3, 0.4) is 0 Å². The summed E-state index contributed by atoms with van der Waals surface area (Å²) in [4.78, 5) is 19.4. The highest BCUT2D eigenvalue weighted by atomic mass is 32.1. The quantitative estimate of drug-likeness (QED) is 0.156. The van der Waals surface area contributed by atoms with Gasteiger partial charge in [0.15, 0.2) is 5.72 Å². The predicted molar refractivity (Wildman–Crippen MR) is 169 cm³/mol. The van der Waals surface area contributed by atoms with Gasteiger partial charge in [-0.2, -0.15) is 4.98 Å². The summed E-state index contributed by atoms with van der Waals surface area (Å²) in [6.45, 7) is 6.03. The Kier molecular flexibility index (Phi) is 7.16. The van der Waals surface area contributed by atoms with Gasteiger partial charge >= 0.3 is 0 Å². The van der Waals surface area contributed by atoms with Crippen LogP contribution >= 0.6 is 11.3 Å². The molecule has 0 amide bonds. The van der Waals surface area contributed by atoms with Crippen LogP contribution in [0.1, 0.15) is 81.2 Å². The number of fused-ring (bicyclic) bond motifs is 1. The third-order valence-corrected chi connectivity index (χ3v) is 10.6. The Balaban J connectivity index is 1.19. The van der Waals surface area contributed by atoms with Gasteiger partial charge < -0.3 is 26.0 Å². The van der Waals surface area contributed by atoms with E-state index >= 15 is 0 Å². The standard InChI is InChI=1S/C33H40N6O3S/c1-18-25(30-37-27-24(43-30)12-14-34-26(27)21-9-10-21)29(39-33(42)13-11-23(28(33)40)32(2,3)41)38-31(36-18)35-17-19-15-22(16-19)20-7-5-4-6-8-20/h4-8,12,14,19,21-23,28,40-42H,9-11,13,15-17H2,1-3H3,(H2,35,36,38,39). The zero-order valence-electron chi connectivity index (χ0n) is 24.9. The maximum Gasteiger partial charge on any atom is 0.224 e. The Morgan fingerprint density at radius 2 is 1.79 bits per heavy atom. The molecule has 3 aliphatic rings. The first-order valence-electron chi connectivity index (χ1n) is 15.4. The fourth-order valence-electron chi connectivity index (χ4n) is 6.87. The molecule has 3 saturated carbocycles. The monoisotopic (exact) mass is 600 g/mol. The molecule has 0 radical (unpaired) electrons. The van der Waals surface area contributed by atoms with Crippen molar-refractivity contribution in [1.82, 2.24) is 19.9 Å². The van der Waals surface area contributed by atoms with Crippen LogP contribution in [-0.4, -0.2) is 59.2 Å². The minimum absolute atomic E-state index is 0.270. The lowest BCUT2D eigenvalue weighted by molar-refractivity contribution is -0.0926. The molecule has 3 fully saturated rings. The third kappa shape index (κ3) is 5.50. The van der Waals surface area contributed by atoms with Crippen molar-refractivity contribution >= 4 is 33.3 Å². The van der Waals surface area contributed by atoms with Gasteiger partial charge in [-0.3, -0.25) is 4.98 Å². The molecule has 3 heterocycles. The second-order valence-corrected chi connectivity index (χ2v) is 14.3. The number of nitrogens with one attached hydrogen (secondary N) is 2. The Labute approximate surface area is 255 Å². The molecule has 5 N–H and O–H groups in total. The summed E-state index contributed by atoms with van der Waals surface area (Å²) in [5.74, 6) is 1.98. The van der Waals surface area contributed by atoms with Crippen molar-refractivity contribution in [2.75, 3.05) is 17.2 Å². The van der Waals surface area contributed by atoms with Gasteiger partial charge in [0.2, 0.25) is 5.95 Å². The number of aromatic nitrogens is 4. The minimum Gasteiger partial charge on any atom is -0.390 e. The maximum absolute atomic E-state index is 11.7. The highest BCUT2D eigenvalue weighted by Crippen LogP contribution is 2.46. The van der Waals surface area contributed by atoms with Gasteiger partial charge in [0.25, 0.3) is 0 Å². The first-order valence-corrected chi connectivity index (χ1v) is 16.2. The summed E-state index contributed by atoms with van der Waals surface area (Å²) < 4.78 is 1.05. The molecule has 3 aliphatic carbocycles. The maximum atomic E-state index is 11.7. The van der Waals surface area contributed by atoms with Gasteiger partial charge in [0, 0.05) is 24.6 Å². The van der Waals surface area contributed by atoms with Crippen LogP contribution in [0.5, 0.6) is 0 Å². The summed E-state index contributed by atoms with van der Waals surface area (Å²) in [5.41, 5.74) is 1.98. The van der Waals surface area contributed by atoms with Gasteiger partial charge in [0.1, 0.15) is 22.4 Å². The van der Waals surface area contributed by atoms with E-state index in [-0.39, 0.29) is 6.42 Å². The summed E-state index contributed by atoms with van der Waals surface area (Å²) in [7, 11) is 0. The van der Waals surface area contributed by atoms with Gasteiger partial charge in [-0.05, 0) is 82.8 Å². The first-order chi connectivity index (χ1) is 20.6. The molecule has 0 aliphatic heterocycles. The average molecular weight is 601 g/mol. The van der Waals surface area contributed by atoms with Crippen molar-refractivity contribution in [2.45, 2.75) is 88.6 Å². The molecular formula is C33H40N6O3S. The smallest absolute Gasteiger partial charge is 0.224 e. The van der Waals surface area contributed by atoms with Crippen molar-refractivity contribution in [2.24, 2.45) is 11.8 Å². The molecule has 3 atom stereocenters. The molecule has 0 spiro atoms. The molecule has 9 nitrogen and oxygen atoms in total. The van der Waals surface area contributed by atoms with Gasteiger partial charge in [-0.1, -0.05) is 30.3 Å². The minimum atomic E-state index is -1.66. The van der Waals surface area contributed by atoms with E-state index in [2.05, 4.69) is 45.9 Å². The lowest BCUT2D eigenvalue weighted by Gasteiger charge is -2.36. The molecule has 0 saturated heterocycles. The largest absolute Gasteiger partial charge is 0.390 e. The summed E-state index contributed by atoms with van der Waals surface area (Å²) in [6, 6.07) is 12.6. The number of benzene rings is 1. The number of anilines is 2. The molecule has 10 heteroatoms. The number of aliphatic hydroxyl groups excluding tert-OH is 1. The lowest BCUT2D eigenvalue weighted by atomic mass is 9.71. The van der Waals surface area contributed by atoms with Crippen LogP contribution in [0, 0.1) is 18.8 Å². The molecule has 3 unspecified atom stereocenters. The predicted octanol–water partition coefficient (Wildman–Crippen LogP) is 5.58. The molecule has 43 heavy (non-hydrogen) atoms. The van der Waals surface area contributed by atoms with Crippen molar-refractivity contribution in [3.8, 4) is 10.6 Å². The Morgan fingerprint density at radius 1 is 1.02 bits per heavy atom. The second kappa shape index (κ2) is 10.8. The number of hydrogen-bond acceptors (Lipinski definition) is 10. The molecule has 226 valence electrons. The molecule has 7 rings (SSSR count). The second-order valence-electron chi connectivity index (χ2n) is 13.3. The Morgan fingerprint density at radius 3 is 2.49 bits per heavy atom. The van der Waals surface area contributed by atoms with Gasteiger partial charge in [0.05, 0.1) is 27.3 Å². The van der Waals surface area contributed by atoms with E-state index in [0.717, 1.165) is 58.8 Å². The fraction of sp³-hybridized carbons (Fsp3) is 0.515. The van der Waals surface area contributed by atoms with E-state index in [0.29, 0.717) is 41.5 Å². The van der Waals surface area contributed by atoms with E-state index in [1.165, 1.54) is 5.56 Å². The van der Waals surface area contributed by atoms with E-state index < -0.39 is 23.3 Å². The zero-order valence-corrected chi connectivity index (χ0v) is 25.7. The summed E-state index contributed by atoms with van der Waals surface area (Å²) in [6.07, 6.45) is 5.91. The molecule has 4 aromatic rings. The number of aliphatic hydroxyl groups is 3. The van der Waals surface area contributed by atoms with Crippen LogP contribution in [0.2, 0.25) is 0 Å². The number of aryl methyl sites for hydroxylation is 1.